The summed E-state index contributed by atoms with van der Waals surface area (Å²) in [5.74, 6) is -0.175. The van der Waals surface area contributed by atoms with Gasteiger partial charge in [-0.25, -0.2) is 0 Å². The number of hydrogen-bond acceptors (Lipinski definition) is 5. The predicted octanol–water partition coefficient (Wildman–Crippen LogP) is -0.806. The molecule has 27 heavy (non-hydrogen) atoms. The summed E-state index contributed by atoms with van der Waals surface area (Å²) in [4.78, 5) is 39.5. The predicted molar refractivity (Wildman–Crippen MR) is 98.3 cm³/mol. The lowest BCUT2D eigenvalue weighted by Gasteiger charge is -2.46. The number of carbonyl (C=O) groups excluding carboxylic acids is 2. The number of likely N-dealkylation sites (tertiary alicyclic amines) is 1. The van der Waals surface area contributed by atoms with Crippen molar-refractivity contribution in [2.75, 3.05) is 26.2 Å². The molecule has 146 valence electrons. The standard InChI is InChI=1S/C19H26N4O4/c1-11(25)22-8-12-5-13(9-22)18(23-16(12)3-2-4-17(23)26)19(27)21-14-6-15(10-24)20-7-14/h2-4,12-15,18,20,24H,5-10H2,1H3,(H,21,27)/t12-,13+,14+,15-,18-/m1/s1. The van der Waals surface area contributed by atoms with E-state index in [0.717, 1.165) is 12.1 Å². The summed E-state index contributed by atoms with van der Waals surface area (Å²) in [5.41, 5.74) is 0.666. The molecular weight excluding hydrogens is 348 g/mol. The number of hydrogen-bond donors (Lipinski definition) is 3. The van der Waals surface area contributed by atoms with Crippen LogP contribution in [-0.2, 0) is 9.59 Å². The van der Waals surface area contributed by atoms with Gasteiger partial charge < -0.3 is 20.6 Å². The summed E-state index contributed by atoms with van der Waals surface area (Å²) in [6.07, 6.45) is 1.46. The van der Waals surface area contributed by atoms with Crippen molar-refractivity contribution in [2.45, 2.75) is 43.8 Å². The molecule has 1 aromatic rings. The van der Waals surface area contributed by atoms with Crippen LogP contribution in [0.2, 0.25) is 0 Å². The van der Waals surface area contributed by atoms with Gasteiger partial charge in [-0.1, -0.05) is 6.07 Å². The van der Waals surface area contributed by atoms with Gasteiger partial charge in [0.1, 0.15) is 6.04 Å². The number of rotatable bonds is 3. The van der Waals surface area contributed by atoms with E-state index in [1.807, 2.05) is 6.07 Å². The van der Waals surface area contributed by atoms with Crippen LogP contribution in [0.4, 0.5) is 0 Å². The van der Waals surface area contributed by atoms with E-state index < -0.39 is 6.04 Å². The average Bonchev–Trinajstić information content (AvgIpc) is 3.10. The third-order valence-corrected chi connectivity index (χ3v) is 6.15. The van der Waals surface area contributed by atoms with Crippen molar-refractivity contribution in [3.05, 3.63) is 34.2 Å². The van der Waals surface area contributed by atoms with Gasteiger partial charge in [0.25, 0.3) is 5.56 Å². The van der Waals surface area contributed by atoms with E-state index >= 15 is 0 Å². The highest BCUT2D eigenvalue weighted by Crippen LogP contribution is 2.41. The summed E-state index contributed by atoms with van der Waals surface area (Å²) in [7, 11) is 0. The Morgan fingerprint density at radius 3 is 2.81 bits per heavy atom. The van der Waals surface area contributed by atoms with Gasteiger partial charge in [0.05, 0.1) is 6.61 Å². The van der Waals surface area contributed by atoms with E-state index in [1.165, 1.54) is 6.07 Å². The van der Waals surface area contributed by atoms with Crippen molar-refractivity contribution in [2.24, 2.45) is 5.92 Å². The highest BCUT2D eigenvalue weighted by Gasteiger charge is 2.44. The van der Waals surface area contributed by atoms with Crippen LogP contribution in [0.5, 0.6) is 0 Å². The van der Waals surface area contributed by atoms with Gasteiger partial charge >= 0.3 is 0 Å². The van der Waals surface area contributed by atoms with Gasteiger partial charge in [-0.15, -0.1) is 0 Å². The highest BCUT2D eigenvalue weighted by atomic mass is 16.3. The molecule has 2 amide bonds. The molecule has 4 heterocycles. The Morgan fingerprint density at radius 2 is 2.11 bits per heavy atom. The van der Waals surface area contributed by atoms with Gasteiger partial charge in [-0.2, -0.15) is 0 Å². The first-order valence-corrected chi connectivity index (χ1v) is 9.59. The summed E-state index contributed by atoms with van der Waals surface area (Å²) in [6.45, 7) is 3.28. The molecule has 8 nitrogen and oxygen atoms in total. The van der Waals surface area contributed by atoms with E-state index in [1.54, 1.807) is 22.5 Å². The van der Waals surface area contributed by atoms with E-state index in [2.05, 4.69) is 10.6 Å². The van der Waals surface area contributed by atoms with Crippen LogP contribution < -0.4 is 16.2 Å². The van der Waals surface area contributed by atoms with E-state index in [4.69, 9.17) is 0 Å². The molecule has 0 aliphatic carbocycles. The molecule has 3 aliphatic heterocycles. The Bertz CT molecular complexity index is 807. The summed E-state index contributed by atoms with van der Waals surface area (Å²) >= 11 is 0. The molecule has 3 aliphatic rings. The largest absolute Gasteiger partial charge is 0.395 e. The molecule has 2 saturated heterocycles. The van der Waals surface area contributed by atoms with Gasteiger partial charge in [0.2, 0.25) is 11.8 Å². The Morgan fingerprint density at radius 1 is 1.30 bits per heavy atom. The first-order valence-electron chi connectivity index (χ1n) is 9.59. The van der Waals surface area contributed by atoms with E-state index in [9.17, 15) is 19.5 Å². The Kier molecular flexibility index (Phi) is 4.77. The zero-order chi connectivity index (χ0) is 19.1. The van der Waals surface area contributed by atoms with Crippen LogP contribution in [0.15, 0.2) is 23.0 Å². The number of pyridine rings is 1. The number of carbonyl (C=O) groups is 2. The highest BCUT2D eigenvalue weighted by molar-refractivity contribution is 5.82. The van der Waals surface area contributed by atoms with Crippen LogP contribution >= 0.6 is 0 Å². The fourth-order valence-corrected chi connectivity index (χ4v) is 4.88. The maximum absolute atomic E-state index is 13.2. The van der Waals surface area contributed by atoms with E-state index in [-0.39, 0.29) is 47.9 Å². The minimum absolute atomic E-state index is 0.00127. The Labute approximate surface area is 157 Å². The summed E-state index contributed by atoms with van der Waals surface area (Å²) < 4.78 is 1.64. The van der Waals surface area contributed by atoms with Crippen molar-refractivity contribution >= 4 is 11.8 Å². The monoisotopic (exact) mass is 374 g/mol. The summed E-state index contributed by atoms with van der Waals surface area (Å²) in [5, 5.41) is 15.5. The van der Waals surface area contributed by atoms with Crippen LogP contribution in [0.3, 0.4) is 0 Å². The fraction of sp³-hybridized carbons (Fsp3) is 0.632. The number of aliphatic hydroxyl groups excluding tert-OH is 1. The van der Waals surface area contributed by atoms with Crippen LogP contribution in [0.25, 0.3) is 0 Å². The second-order valence-corrected chi connectivity index (χ2v) is 7.95. The third-order valence-electron chi connectivity index (χ3n) is 6.15. The fourth-order valence-electron chi connectivity index (χ4n) is 4.88. The molecule has 0 aromatic carbocycles. The lowest BCUT2D eigenvalue weighted by molar-refractivity contribution is -0.135. The van der Waals surface area contributed by atoms with Gasteiger partial charge in [0, 0.05) is 62.2 Å². The lowest BCUT2D eigenvalue weighted by Crippen LogP contribution is -2.55. The smallest absolute Gasteiger partial charge is 0.251 e. The molecule has 8 heteroatoms. The molecule has 2 bridgehead atoms. The number of aromatic nitrogens is 1. The lowest BCUT2D eigenvalue weighted by atomic mass is 9.78. The minimum atomic E-state index is -0.611. The summed E-state index contributed by atoms with van der Waals surface area (Å²) in [6, 6.07) is 4.42. The molecule has 2 fully saturated rings. The number of fused-ring (bicyclic) bond motifs is 4. The maximum atomic E-state index is 13.2. The number of aliphatic hydroxyl groups is 1. The second-order valence-electron chi connectivity index (χ2n) is 7.95. The zero-order valence-electron chi connectivity index (χ0n) is 15.4. The first-order chi connectivity index (χ1) is 13.0. The third kappa shape index (κ3) is 3.27. The maximum Gasteiger partial charge on any atom is 0.251 e. The zero-order valence-corrected chi connectivity index (χ0v) is 15.4. The van der Waals surface area contributed by atoms with Crippen molar-refractivity contribution in [1.29, 1.82) is 0 Å². The molecule has 3 N–H and O–H groups in total. The molecule has 1 aromatic heterocycles. The second kappa shape index (κ2) is 7.09. The number of nitrogens with zero attached hydrogens (tertiary/aromatic N) is 2. The molecule has 5 atom stereocenters. The number of nitrogens with one attached hydrogen (secondary N) is 2. The normalized spacial score (nSPS) is 32.1. The molecule has 0 saturated carbocycles. The molecule has 4 rings (SSSR count). The van der Waals surface area contributed by atoms with Gasteiger partial charge in [-0.05, 0) is 18.9 Å². The quantitative estimate of drug-likeness (QED) is 0.642. The number of amides is 2. The first kappa shape index (κ1) is 18.2. The number of piperidine rings is 1. The van der Waals surface area contributed by atoms with Crippen LogP contribution in [0, 0.1) is 5.92 Å². The minimum Gasteiger partial charge on any atom is -0.395 e. The van der Waals surface area contributed by atoms with Crippen LogP contribution in [0.1, 0.15) is 37.4 Å². The van der Waals surface area contributed by atoms with Gasteiger partial charge in [0.15, 0.2) is 0 Å². The Balaban J connectivity index is 1.64. The average molecular weight is 374 g/mol. The van der Waals surface area contributed by atoms with Crippen molar-refractivity contribution in [3.63, 3.8) is 0 Å². The van der Waals surface area contributed by atoms with Gasteiger partial charge in [-0.3, -0.25) is 19.0 Å². The van der Waals surface area contributed by atoms with Crippen molar-refractivity contribution in [3.8, 4) is 0 Å². The van der Waals surface area contributed by atoms with Crippen molar-refractivity contribution in [1.82, 2.24) is 20.1 Å². The SMILES string of the molecule is CC(=O)N1C[C@H]2C[C@@H](C1)[C@H](C(=O)N[C@@H]1CN[C@@H](CO)C1)n1c2cccc1=O. The topological polar surface area (TPSA) is 104 Å². The van der Waals surface area contributed by atoms with E-state index in [0.29, 0.717) is 26.1 Å². The van der Waals surface area contributed by atoms with Crippen molar-refractivity contribution < 1.29 is 14.7 Å². The molecule has 0 spiro atoms. The molecule has 0 radical (unpaired) electrons. The molecule has 0 unspecified atom stereocenters. The van der Waals surface area contributed by atoms with Crippen LogP contribution in [-0.4, -0.2) is 64.7 Å². The molecular formula is C19H26N4O4. The Hall–Kier alpha value is -2.19.